The molecule has 3 heteroatoms. The van der Waals surface area contributed by atoms with Crippen LogP contribution in [-0.2, 0) is 4.79 Å². The van der Waals surface area contributed by atoms with Crippen molar-refractivity contribution in [1.29, 1.82) is 0 Å². The summed E-state index contributed by atoms with van der Waals surface area (Å²) in [5.74, 6) is 0.0147. The number of carbonyl (C=O) groups excluding carboxylic acids is 1. The number of nitrogens with one attached hydrogen (secondary N) is 1. The zero-order valence-corrected chi connectivity index (χ0v) is 7.42. The van der Waals surface area contributed by atoms with E-state index in [1.807, 2.05) is 13.8 Å². The molecule has 0 saturated carbocycles. The van der Waals surface area contributed by atoms with Gasteiger partial charge in [-0.2, -0.15) is 0 Å². The minimum absolute atomic E-state index is 0.0147. The molecule has 0 aliphatic heterocycles. The standard InChI is InChI=1S/C8H17NO2/c1-6(2)9-8(11)5-4-7(3)10/h6-7,10H,4-5H2,1-3H3,(H,9,11). The number of hydrogen-bond acceptors (Lipinski definition) is 2. The van der Waals surface area contributed by atoms with Gasteiger partial charge in [0.05, 0.1) is 6.10 Å². The summed E-state index contributed by atoms with van der Waals surface area (Å²) >= 11 is 0. The molecule has 0 saturated heterocycles. The summed E-state index contributed by atoms with van der Waals surface area (Å²) in [6.45, 7) is 5.52. The molecular weight excluding hydrogens is 142 g/mol. The van der Waals surface area contributed by atoms with Crippen LogP contribution in [0.2, 0.25) is 0 Å². The molecule has 0 aromatic carbocycles. The molecule has 1 unspecified atom stereocenters. The van der Waals surface area contributed by atoms with Crippen LogP contribution in [-0.4, -0.2) is 23.2 Å². The Morgan fingerprint density at radius 1 is 1.45 bits per heavy atom. The smallest absolute Gasteiger partial charge is 0.220 e. The first kappa shape index (κ1) is 10.4. The summed E-state index contributed by atoms with van der Waals surface area (Å²) in [7, 11) is 0. The molecule has 1 amide bonds. The van der Waals surface area contributed by atoms with Crippen LogP contribution in [0.25, 0.3) is 0 Å². The molecule has 0 aromatic heterocycles. The van der Waals surface area contributed by atoms with Crippen LogP contribution >= 0.6 is 0 Å². The van der Waals surface area contributed by atoms with E-state index in [0.29, 0.717) is 12.8 Å². The van der Waals surface area contributed by atoms with Crippen molar-refractivity contribution in [3.63, 3.8) is 0 Å². The maximum atomic E-state index is 10.9. The van der Waals surface area contributed by atoms with Gasteiger partial charge >= 0.3 is 0 Å². The lowest BCUT2D eigenvalue weighted by Crippen LogP contribution is -2.30. The summed E-state index contributed by atoms with van der Waals surface area (Å²) in [6, 6.07) is 0.191. The van der Waals surface area contributed by atoms with Gasteiger partial charge in [-0.25, -0.2) is 0 Å². The predicted octanol–water partition coefficient (Wildman–Crippen LogP) is 0.672. The topological polar surface area (TPSA) is 49.3 Å². The van der Waals surface area contributed by atoms with Gasteiger partial charge in [-0.3, -0.25) is 4.79 Å². The molecule has 1 atom stereocenters. The quantitative estimate of drug-likeness (QED) is 0.633. The van der Waals surface area contributed by atoms with E-state index in [4.69, 9.17) is 5.11 Å². The molecule has 2 N–H and O–H groups in total. The third-order valence-corrected chi connectivity index (χ3v) is 1.24. The lowest BCUT2D eigenvalue weighted by atomic mass is 10.2. The number of carbonyl (C=O) groups is 1. The summed E-state index contributed by atoms with van der Waals surface area (Å²) in [4.78, 5) is 10.9. The Kier molecular flexibility index (Phi) is 4.86. The van der Waals surface area contributed by atoms with E-state index < -0.39 is 0 Å². The highest BCUT2D eigenvalue weighted by atomic mass is 16.3. The molecule has 3 nitrogen and oxygen atoms in total. The van der Waals surface area contributed by atoms with E-state index in [9.17, 15) is 4.79 Å². The van der Waals surface area contributed by atoms with E-state index in [1.165, 1.54) is 0 Å². The van der Waals surface area contributed by atoms with Crippen LogP contribution < -0.4 is 5.32 Å². The minimum atomic E-state index is -0.382. The lowest BCUT2D eigenvalue weighted by molar-refractivity contribution is -0.122. The molecule has 0 radical (unpaired) electrons. The molecular formula is C8H17NO2. The van der Waals surface area contributed by atoms with E-state index >= 15 is 0 Å². The van der Waals surface area contributed by atoms with Gasteiger partial charge in [-0.1, -0.05) is 0 Å². The normalized spacial score (nSPS) is 13.2. The van der Waals surface area contributed by atoms with Gasteiger partial charge in [0, 0.05) is 12.5 Å². The Bertz CT molecular complexity index is 121. The minimum Gasteiger partial charge on any atom is -0.393 e. The third kappa shape index (κ3) is 7.33. The van der Waals surface area contributed by atoms with Crippen molar-refractivity contribution in [2.75, 3.05) is 0 Å². The van der Waals surface area contributed by atoms with Gasteiger partial charge in [0.2, 0.25) is 5.91 Å². The lowest BCUT2D eigenvalue weighted by Gasteiger charge is -2.08. The van der Waals surface area contributed by atoms with Gasteiger partial charge in [0.1, 0.15) is 0 Å². The largest absolute Gasteiger partial charge is 0.393 e. The second-order valence-corrected chi connectivity index (χ2v) is 3.11. The molecule has 0 aromatic rings. The molecule has 0 bridgehead atoms. The maximum absolute atomic E-state index is 10.9. The van der Waals surface area contributed by atoms with E-state index in [2.05, 4.69) is 5.32 Å². The van der Waals surface area contributed by atoms with E-state index in [1.54, 1.807) is 6.92 Å². The number of hydrogen-bond donors (Lipinski definition) is 2. The Balaban J connectivity index is 3.38. The number of rotatable bonds is 4. The first-order valence-corrected chi connectivity index (χ1v) is 3.99. The van der Waals surface area contributed by atoms with Crippen LogP contribution in [0.1, 0.15) is 33.6 Å². The monoisotopic (exact) mass is 159 g/mol. The number of amides is 1. The van der Waals surface area contributed by atoms with Crippen LogP contribution in [0.3, 0.4) is 0 Å². The van der Waals surface area contributed by atoms with Gasteiger partial charge in [-0.15, -0.1) is 0 Å². The van der Waals surface area contributed by atoms with Crippen molar-refractivity contribution in [3.05, 3.63) is 0 Å². The Morgan fingerprint density at radius 3 is 2.36 bits per heavy atom. The molecule has 66 valence electrons. The van der Waals surface area contributed by atoms with Crippen LogP contribution in [0.4, 0.5) is 0 Å². The predicted molar refractivity (Wildman–Crippen MR) is 44.2 cm³/mol. The van der Waals surface area contributed by atoms with E-state index in [0.717, 1.165) is 0 Å². The summed E-state index contributed by atoms with van der Waals surface area (Å²) in [6.07, 6.45) is 0.571. The van der Waals surface area contributed by atoms with Crippen molar-refractivity contribution in [3.8, 4) is 0 Å². The second-order valence-electron chi connectivity index (χ2n) is 3.11. The molecule has 0 aliphatic rings. The summed E-state index contributed by atoms with van der Waals surface area (Å²) in [5, 5.41) is 11.6. The Hall–Kier alpha value is -0.570. The Labute approximate surface area is 67.8 Å². The molecule has 11 heavy (non-hydrogen) atoms. The van der Waals surface area contributed by atoms with E-state index in [-0.39, 0.29) is 18.1 Å². The van der Waals surface area contributed by atoms with Crippen molar-refractivity contribution >= 4 is 5.91 Å². The SMILES string of the molecule is CC(O)CCC(=O)NC(C)C. The van der Waals surface area contributed by atoms with Crippen molar-refractivity contribution in [2.24, 2.45) is 0 Å². The zero-order valence-electron chi connectivity index (χ0n) is 7.42. The maximum Gasteiger partial charge on any atom is 0.220 e. The second kappa shape index (κ2) is 5.13. The number of aliphatic hydroxyl groups excluding tert-OH is 1. The highest BCUT2D eigenvalue weighted by molar-refractivity contribution is 5.76. The molecule has 0 fully saturated rings. The zero-order chi connectivity index (χ0) is 8.85. The number of aliphatic hydroxyl groups is 1. The van der Waals surface area contributed by atoms with Crippen LogP contribution in [0, 0.1) is 0 Å². The fourth-order valence-electron chi connectivity index (χ4n) is 0.734. The van der Waals surface area contributed by atoms with Gasteiger partial charge in [-0.05, 0) is 27.2 Å². The van der Waals surface area contributed by atoms with Gasteiger partial charge in [0.15, 0.2) is 0 Å². The van der Waals surface area contributed by atoms with Crippen molar-refractivity contribution in [2.45, 2.75) is 45.8 Å². The molecule has 0 aliphatic carbocycles. The summed E-state index contributed by atoms with van der Waals surface area (Å²) < 4.78 is 0. The van der Waals surface area contributed by atoms with Crippen molar-refractivity contribution in [1.82, 2.24) is 5.32 Å². The van der Waals surface area contributed by atoms with Crippen LogP contribution in [0.5, 0.6) is 0 Å². The fraction of sp³-hybridized carbons (Fsp3) is 0.875. The highest BCUT2D eigenvalue weighted by Crippen LogP contribution is 1.95. The molecule has 0 spiro atoms. The molecule has 0 rings (SSSR count). The average molecular weight is 159 g/mol. The Morgan fingerprint density at radius 2 is 2.00 bits per heavy atom. The average Bonchev–Trinajstić information content (AvgIpc) is 1.82. The van der Waals surface area contributed by atoms with Gasteiger partial charge < -0.3 is 10.4 Å². The third-order valence-electron chi connectivity index (χ3n) is 1.24. The first-order chi connectivity index (χ1) is 5.02. The summed E-state index contributed by atoms with van der Waals surface area (Å²) in [5.41, 5.74) is 0. The van der Waals surface area contributed by atoms with Gasteiger partial charge in [0.25, 0.3) is 0 Å². The van der Waals surface area contributed by atoms with Crippen LogP contribution in [0.15, 0.2) is 0 Å². The highest BCUT2D eigenvalue weighted by Gasteiger charge is 2.04. The first-order valence-electron chi connectivity index (χ1n) is 3.99. The van der Waals surface area contributed by atoms with Crippen molar-refractivity contribution < 1.29 is 9.90 Å². The molecule has 0 heterocycles. The fourth-order valence-corrected chi connectivity index (χ4v) is 0.734.